The van der Waals surface area contributed by atoms with E-state index in [1.165, 1.54) is 12.1 Å². The molecule has 0 unspecified atom stereocenters. The summed E-state index contributed by atoms with van der Waals surface area (Å²) in [6, 6.07) is 2.63. The quantitative estimate of drug-likeness (QED) is 0.401. The van der Waals surface area contributed by atoms with E-state index in [1.54, 1.807) is 0 Å². The van der Waals surface area contributed by atoms with Crippen LogP contribution in [0, 0.1) is 10.1 Å². The van der Waals surface area contributed by atoms with Gasteiger partial charge in [0.25, 0.3) is 5.69 Å². The van der Waals surface area contributed by atoms with Crippen molar-refractivity contribution in [1.29, 1.82) is 0 Å². The predicted octanol–water partition coefficient (Wildman–Crippen LogP) is 1.14. The van der Waals surface area contributed by atoms with Gasteiger partial charge < -0.3 is 9.47 Å². The van der Waals surface area contributed by atoms with Crippen LogP contribution in [0.2, 0.25) is 0 Å². The molecule has 6 heteroatoms. The predicted molar refractivity (Wildman–Crippen MR) is 44.6 cm³/mol. The minimum absolute atomic E-state index is 0.0165. The molecule has 1 aromatic carbocycles. The Morgan fingerprint density at radius 1 is 1.43 bits per heavy atom. The van der Waals surface area contributed by atoms with Crippen LogP contribution in [0.3, 0.4) is 0 Å². The molecule has 72 valence electrons. The van der Waals surface area contributed by atoms with Gasteiger partial charge in [-0.05, 0) is 6.07 Å². The second-order valence-electron chi connectivity index (χ2n) is 2.61. The third kappa shape index (κ3) is 1.08. The van der Waals surface area contributed by atoms with E-state index < -0.39 is 4.92 Å². The average Bonchev–Trinajstić information content (AvgIpc) is 2.63. The number of ether oxygens (including phenoxy) is 2. The lowest BCUT2D eigenvalue weighted by Gasteiger charge is -1.99. The highest BCUT2D eigenvalue weighted by Crippen LogP contribution is 2.39. The maximum absolute atomic E-state index is 10.7. The standard InChI is InChI=1S/C8H5NO5/c10-3-5-6(9(11)12)1-2-7-8(5)14-4-13-7/h1-3H,4H2. The topological polar surface area (TPSA) is 78.7 Å². The Hall–Kier alpha value is -2.11. The molecule has 0 atom stereocenters. The normalized spacial score (nSPS) is 12.6. The summed E-state index contributed by atoms with van der Waals surface area (Å²) in [6.07, 6.45) is 0.394. The van der Waals surface area contributed by atoms with E-state index in [1.807, 2.05) is 0 Å². The lowest BCUT2D eigenvalue weighted by Crippen LogP contribution is -1.97. The molecule has 0 saturated carbocycles. The third-order valence-corrected chi connectivity index (χ3v) is 1.87. The Bertz CT molecular complexity index is 414. The van der Waals surface area contributed by atoms with Gasteiger partial charge in [-0.25, -0.2) is 0 Å². The number of nitro benzene ring substituents is 1. The Morgan fingerprint density at radius 3 is 2.86 bits per heavy atom. The molecule has 6 nitrogen and oxygen atoms in total. The largest absolute Gasteiger partial charge is 0.454 e. The van der Waals surface area contributed by atoms with Gasteiger partial charge in [0, 0.05) is 6.07 Å². The van der Waals surface area contributed by atoms with Crippen molar-refractivity contribution in [3.8, 4) is 11.5 Å². The van der Waals surface area contributed by atoms with Crippen LogP contribution in [0.5, 0.6) is 11.5 Å². The number of rotatable bonds is 2. The molecule has 0 aromatic heterocycles. The van der Waals surface area contributed by atoms with Crippen LogP contribution >= 0.6 is 0 Å². The number of hydrogen-bond acceptors (Lipinski definition) is 5. The fourth-order valence-corrected chi connectivity index (χ4v) is 1.26. The van der Waals surface area contributed by atoms with E-state index in [9.17, 15) is 14.9 Å². The lowest BCUT2D eigenvalue weighted by atomic mass is 10.1. The monoisotopic (exact) mass is 195 g/mol. The molecular formula is C8H5NO5. The maximum Gasteiger partial charge on any atom is 0.283 e. The highest BCUT2D eigenvalue weighted by molar-refractivity contribution is 5.87. The number of nitrogens with zero attached hydrogens (tertiary/aromatic N) is 1. The van der Waals surface area contributed by atoms with Gasteiger partial charge in [0.2, 0.25) is 6.79 Å². The van der Waals surface area contributed by atoms with Crippen LogP contribution in [0.1, 0.15) is 10.4 Å². The summed E-state index contributed by atoms with van der Waals surface area (Å²) in [7, 11) is 0. The molecule has 0 spiro atoms. The van der Waals surface area contributed by atoms with Gasteiger partial charge in [0.15, 0.2) is 17.8 Å². The number of benzene rings is 1. The smallest absolute Gasteiger partial charge is 0.283 e. The highest BCUT2D eigenvalue weighted by Gasteiger charge is 2.25. The van der Waals surface area contributed by atoms with Crippen LogP contribution in [-0.4, -0.2) is 18.0 Å². The van der Waals surface area contributed by atoms with Crippen molar-refractivity contribution in [1.82, 2.24) is 0 Å². The Balaban J connectivity index is 2.65. The lowest BCUT2D eigenvalue weighted by molar-refractivity contribution is -0.385. The number of aldehydes is 1. The van der Waals surface area contributed by atoms with Crippen LogP contribution in [0.25, 0.3) is 0 Å². The summed E-state index contributed by atoms with van der Waals surface area (Å²) < 4.78 is 9.93. The molecule has 0 aliphatic carbocycles. The van der Waals surface area contributed by atoms with Crippen LogP contribution in [-0.2, 0) is 0 Å². The first-order valence-electron chi connectivity index (χ1n) is 3.76. The van der Waals surface area contributed by atoms with Crippen molar-refractivity contribution in [2.45, 2.75) is 0 Å². The molecule has 1 aliphatic rings. The number of carbonyl (C=O) groups is 1. The van der Waals surface area contributed by atoms with Crippen molar-refractivity contribution in [3.05, 3.63) is 27.8 Å². The van der Waals surface area contributed by atoms with Gasteiger partial charge in [-0.2, -0.15) is 0 Å². The van der Waals surface area contributed by atoms with E-state index in [2.05, 4.69) is 0 Å². The van der Waals surface area contributed by atoms with E-state index in [-0.39, 0.29) is 23.8 Å². The molecular weight excluding hydrogens is 190 g/mol. The number of hydrogen-bond donors (Lipinski definition) is 0. The summed E-state index contributed by atoms with van der Waals surface area (Å²) in [5.74, 6) is 0.506. The summed E-state index contributed by atoms with van der Waals surface area (Å²) >= 11 is 0. The van der Waals surface area contributed by atoms with Crippen LogP contribution in [0.15, 0.2) is 12.1 Å². The molecule has 0 amide bonds. The zero-order chi connectivity index (χ0) is 10.1. The van der Waals surface area contributed by atoms with Gasteiger partial charge in [0.1, 0.15) is 5.56 Å². The number of fused-ring (bicyclic) bond motifs is 1. The Morgan fingerprint density at radius 2 is 2.21 bits per heavy atom. The van der Waals surface area contributed by atoms with E-state index in [0.29, 0.717) is 12.0 Å². The van der Waals surface area contributed by atoms with Crippen LogP contribution in [0.4, 0.5) is 5.69 Å². The molecule has 0 bridgehead atoms. The Labute approximate surface area is 78.2 Å². The summed E-state index contributed by atoms with van der Waals surface area (Å²) in [5, 5.41) is 10.5. The summed E-state index contributed by atoms with van der Waals surface area (Å²) in [6.45, 7) is -0.0165. The minimum Gasteiger partial charge on any atom is -0.454 e. The Kier molecular flexibility index (Phi) is 1.81. The first-order valence-corrected chi connectivity index (χ1v) is 3.76. The fourth-order valence-electron chi connectivity index (χ4n) is 1.26. The zero-order valence-corrected chi connectivity index (χ0v) is 6.93. The second kappa shape index (κ2) is 2.99. The van der Waals surface area contributed by atoms with Crippen molar-refractivity contribution < 1.29 is 19.2 Å². The molecule has 0 saturated heterocycles. The molecule has 1 aromatic rings. The highest BCUT2D eigenvalue weighted by atomic mass is 16.7. The van der Waals surface area contributed by atoms with Crippen molar-refractivity contribution in [2.75, 3.05) is 6.79 Å². The minimum atomic E-state index is -0.633. The molecule has 0 radical (unpaired) electrons. The van der Waals surface area contributed by atoms with Crippen molar-refractivity contribution in [3.63, 3.8) is 0 Å². The molecule has 14 heavy (non-hydrogen) atoms. The maximum atomic E-state index is 10.7. The SMILES string of the molecule is O=Cc1c([N+](=O)[O-])ccc2c1OCO2. The number of carbonyl (C=O) groups excluding carboxylic acids is 1. The van der Waals surface area contributed by atoms with Crippen molar-refractivity contribution >= 4 is 12.0 Å². The van der Waals surface area contributed by atoms with Gasteiger partial charge >= 0.3 is 0 Å². The van der Waals surface area contributed by atoms with E-state index in [4.69, 9.17) is 9.47 Å². The van der Waals surface area contributed by atoms with Crippen LogP contribution < -0.4 is 9.47 Å². The average molecular weight is 195 g/mol. The molecule has 1 heterocycles. The fraction of sp³-hybridized carbons (Fsp3) is 0.125. The molecule has 0 N–H and O–H groups in total. The zero-order valence-electron chi connectivity index (χ0n) is 6.93. The third-order valence-electron chi connectivity index (χ3n) is 1.87. The van der Waals surface area contributed by atoms with Crippen molar-refractivity contribution in [2.24, 2.45) is 0 Å². The summed E-state index contributed by atoms with van der Waals surface area (Å²) in [5.41, 5.74) is -0.353. The molecule has 1 aliphatic heterocycles. The van der Waals surface area contributed by atoms with E-state index in [0.717, 1.165) is 0 Å². The van der Waals surface area contributed by atoms with Gasteiger partial charge in [-0.1, -0.05) is 0 Å². The first kappa shape index (κ1) is 8.49. The molecule has 2 rings (SSSR count). The van der Waals surface area contributed by atoms with Gasteiger partial charge in [-0.3, -0.25) is 14.9 Å². The number of nitro groups is 1. The van der Waals surface area contributed by atoms with Gasteiger partial charge in [-0.15, -0.1) is 0 Å². The first-order chi connectivity index (χ1) is 6.74. The second-order valence-corrected chi connectivity index (χ2v) is 2.61. The summed E-state index contributed by atoms with van der Waals surface area (Å²) in [4.78, 5) is 20.5. The van der Waals surface area contributed by atoms with E-state index >= 15 is 0 Å². The molecule has 0 fully saturated rings. The van der Waals surface area contributed by atoms with Gasteiger partial charge in [0.05, 0.1) is 4.92 Å².